The second kappa shape index (κ2) is 9.02. The van der Waals surface area contributed by atoms with Gasteiger partial charge < -0.3 is 19.2 Å². The van der Waals surface area contributed by atoms with Crippen molar-refractivity contribution < 1.29 is 18.7 Å². The van der Waals surface area contributed by atoms with Gasteiger partial charge in [-0.15, -0.1) is 0 Å². The van der Waals surface area contributed by atoms with Gasteiger partial charge in [0.25, 0.3) is 5.91 Å². The van der Waals surface area contributed by atoms with Crippen LogP contribution in [-0.2, 0) is 24.2 Å². The van der Waals surface area contributed by atoms with E-state index in [0.717, 1.165) is 41.3 Å². The van der Waals surface area contributed by atoms with E-state index in [1.807, 2.05) is 32.0 Å². The third-order valence-electron chi connectivity index (χ3n) is 5.60. The van der Waals surface area contributed by atoms with Crippen molar-refractivity contribution in [2.75, 3.05) is 6.61 Å². The number of aryl methyl sites for hydroxylation is 2. The van der Waals surface area contributed by atoms with Crippen LogP contribution in [0.5, 0.6) is 11.5 Å². The van der Waals surface area contributed by atoms with E-state index >= 15 is 0 Å². The number of aromatic nitrogens is 1. The Bertz CT molecular complexity index is 1180. The molecule has 3 aromatic rings. The molecule has 7 heteroatoms. The lowest BCUT2D eigenvalue weighted by molar-refractivity contribution is -0.123. The molecule has 1 aliphatic heterocycles. The number of ether oxygens (including phenoxy) is 2. The SMILES string of the molecule is CCCc1cc(=O)oc2c3c(cc(OCC(=O)NCc4ccncc4)c12)OC(C)(C)CC3. The molecule has 0 radical (unpaired) electrons. The number of amides is 1. The fraction of sp³-hybridized carbons (Fsp3) is 0.400. The average molecular weight is 437 g/mol. The Morgan fingerprint density at radius 3 is 2.78 bits per heavy atom. The molecule has 168 valence electrons. The molecule has 3 heterocycles. The predicted octanol–water partition coefficient (Wildman–Crippen LogP) is 3.94. The highest BCUT2D eigenvalue weighted by Gasteiger charge is 2.30. The zero-order chi connectivity index (χ0) is 22.7. The molecule has 0 bridgehead atoms. The summed E-state index contributed by atoms with van der Waals surface area (Å²) < 4.78 is 17.8. The molecule has 1 aliphatic rings. The summed E-state index contributed by atoms with van der Waals surface area (Å²) in [5, 5.41) is 3.59. The van der Waals surface area contributed by atoms with Crippen LogP contribution in [0.2, 0.25) is 0 Å². The fourth-order valence-electron chi connectivity index (χ4n) is 3.99. The van der Waals surface area contributed by atoms with Crippen LogP contribution in [0.3, 0.4) is 0 Å². The molecule has 0 aliphatic carbocycles. The van der Waals surface area contributed by atoms with Gasteiger partial charge in [-0.3, -0.25) is 9.78 Å². The Morgan fingerprint density at radius 2 is 2.03 bits per heavy atom. The zero-order valence-electron chi connectivity index (χ0n) is 18.7. The summed E-state index contributed by atoms with van der Waals surface area (Å²) in [6.45, 7) is 6.33. The van der Waals surface area contributed by atoms with Gasteiger partial charge in [-0.05, 0) is 56.4 Å². The summed E-state index contributed by atoms with van der Waals surface area (Å²) in [6, 6.07) is 7.03. The Balaban J connectivity index is 1.65. The van der Waals surface area contributed by atoms with Crippen LogP contribution in [0.4, 0.5) is 0 Å². The molecular formula is C25H28N2O5. The second-order valence-electron chi connectivity index (χ2n) is 8.68. The number of benzene rings is 1. The second-order valence-corrected chi connectivity index (χ2v) is 8.68. The maximum atomic E-state index is 12.4. The van der Waals surface area contributed by atoms with Crippen molar-refractivity contribution in [3.8, 4) is 11.5 Å². The smallest absolute Gasteiger partial charge is 0.336 e. The van der Waals surface area contributed by atoms with Crippen molar-refractivity contribution in [2.45, 2.75) is 58.6 Å². The van der Waals surface area contributed by atoms with Gasteiger partial charge in [0.05, 0.1) is 5.39 Å². The zero-order valence-corrected chi connectivity index (χ0v) is 18.7. The number of hydrogen-bond acceptors (Lipinski definition) is 6. The van der Waals surface area contributed by atoms with E-state index in [1.54, 1.807) is 12.4 Å². The van der Waals surface area contributed by atoms with Gasteiger partial charge in [0.15, 0.2) is 6.61 Å². The van der Waals surface area contributed by atoms with Crippen LogP contribution in [0, 0.1) is 0 Å². The largest absolute Gasteiger partial charge is 0.487 e. The molecule has 1 N–H and O–H groups in total. The van der Waals surface area contributed by atoms with E-state index < -0.39 is 0 Å². The molecule has 1 amide bonds. The number of pyridine rings is 1. The first-order valence-corrected chi connectivity index (χ1v) is 11.0. The van der Waals surface area contributed by atoms with E-state index in [9.17, 15) is 9.59 Å². The van der Waals surface area contributed by atoms with Crippen LogP contribution >= 0.6 is 0 Å². The van der Waals surface area contributed by atoms with Gasteiger partial charge in [-0.1, -0.05) is 13.3 Å². The highest BCUT2D eigenvalue weighted by Crippen LogP contribution is 2.43. The maximum Gasteiger partial charge on any atom is 0.336 e. The number of carbonyl (C=O) groups excluding carboxylic acids is 1. The number of fused-ring (bicyclic) bond motifs is 3. The van der Waals surface area contributed by atoms with Gasteiger partial charge in [0, 0.05) is 36.6 Å². The van der Waals surface area contributed by atoms with Crippen molar-refractivity contribution in [2.24, 2.45) is 0 Å². The van der Waals surface area contributed by atoms with Crippen LogP contribution in [0.25, 0.3) is 11.0 Å². The molecule has 7 nitrogen and oxygen atoms in total. The molecule has 0 saturated heterocycles. The van der Waals surface area contributed by atoms with Crippen molar-refractivity contribution in [1.29, 1.82) is 0 Å². The minimum absolute atomic E-state index is 0.160. The predicted molar refractivity (Wildman–Crippen MR) is 121 cm³/mol. The quantitative estimate of drug-likeness (QED) is 0.564. The Hall–Kier alpha value is -3.35. The first-order chi connectivity index (χ1) is 15.4. The van der Waals surface area contributed by atoms with Crippen molar-refractivity contribution in [1.82, 2.24) is 10.3 Å². The molecule has 0 unspecified atom stereocenters. The number of rotatable bonds is 7. The molecule has 32 heavy (non-hydrogen) atoms. The van der Waals surface area contributed by atoms with Gasteiger partial charge in [0.1, 0.15) is 22.7 Å². The van der Waals surface area contributed by atoms with Crippen LogP contribution in [0.1, 0.15) is 50.3 Å². The summed E-state index contributed by atoms with van der Waals surface area (Å²) in [7, 11) is 0. The molecule has 0 saturated carbocycles. The van der Waals surface area contributed by atoms with E-state index in [-0.39, 0.29) is 23.7 Å². The van der Waals surface area contributed by atoms with Crippen LogP contribution < -0.4 is 20.4 Å². The van der Waals surface area contributed by atoms with Crippen LogP contribution in [-0.4, -0.2) is 23.1 Å². The normalized spacial score (nSPS) is 14.5. The molecule has 2 aromatic heterocycles. The van der Waals surface area contributed by atoms with E-state index in [0.29, 0.717) is 30.0 Å². The lowest BCUT2D eigenvalue weighted by atomic mass is 9.91. The number of hydrogen-bond donors (Lipinski definition) is 1. The minimum Gasteiger partial charge on any atom is -0.487 e. The van der Waals surface area contributed by atoms with Crippen molar-refractivity contribution in [3.05, 3.63) is 63.8 Å². The Morgan fingerprint density at radius 1 is 1.25 bits per heavy atom. The van der Waals surface area contributed by atoms with E-state index in [4.69, 9.17) is 13.9 Å². The number of nitrogens with one attached hydrogen (secondary N) is 1. The highest BCUT2D eigenvalue weighted by molar-refractivity contribution is 5.92. The van der Waals surface area contributed by atoms with Crippen molar-refractivity contribution >= 4 is 16.9 Å². The average Bonchev–Trinajstić information content (AvgIpc) is 2.75. The molecule has 4 rings (SSSR count). The topological polar surface area (TPSA) is 90.7 Å². The van der Waals surface area contributed by atoms with Gasteiger partial charge in [-0.25, -0.2) is 4.79 Å². The van der Waals surface area contributed by atoms with Gasteiger partial charge in [0.2, 0.25) is 0 Å². The van der Waals surface area contributed by atoms with E-state index in [2.05, 4.69) is 17.2 Å². The van der Waals surface area contributed by atoms with Gasteiger partial charge in [-0.2, -0.15) is 0 Å². The first kappa shape index (κ1) is 21.9. The molecule has 0 fully saturated rings. The standard InChI is InChI=1S/C25H28N2O5/c1-4-5-17-12-22(29)31-24-18-6-9-25(2,3)32-19(18)13-20(23(17)24)30-15-21(28)27-14-16-7-10-26-11-8-16/h7-8,10-13H,4-6,9,14-15H2,1-3H3,(H,27,28). The van der Waals surface area contributed by atoms with Crippen molar-refractivity contribution in [3.63, 3.8) is 0 Å². The fourth-order valence-corrected chi connectivity index (χ4v) is 3.99. The summed E-state index contributed by atoms with van der Waals surface area (Å²) in [5.74, 6) is 0.879. The maximum absolute atomic E-state index is 12.4. The third kappa shape index (κ3) is 4.77. The Kier molecular flexibility index (Phi) is 6.17. The summed E-state index contributed by atoms with van der Waals surface area (Å²) in [5.41, 5.74) is 2.47. The molecular weight excluding hydrogens is 408 g/mol. The monoisotopic (exact) mass is 436 g/mol. The van der Waals surface area contributed by atoms with Gasteiger partial charge >= 0.3 is 5.63 Å². The molecule has 0 atom stereocenters. The van der Waals surface area contributed by atoms with Crippen LogP contribution in [0.15, 0.2) is 45.9 Å². The number of nitrogens with zero attached hydrogens (tertiary/aromatic N) is 1. The Labute approximate surface area is 186 Å². The summed E-state index contributed by atoms with van der Waals surface area (Å²) in [4.78, 5) is 28.7. The summed E-state index contributed by atoms with van der Waals surface area (Å²) >= 11 is 0. The molecule has 1 aromatic carbocycles. The highest BCUT2D eigenvalue weighted by atomic mass is 16.5. The number of carbonyl (C=O) groups is 1. The van der Waals surface area contributed by atoms with E-state index in [1.165, 1.54) is 6.07 Å². The lowest BCUT2D eigenvalue weighted by Crippen LogP contribution is -2.33. The molecule has 0 spiro atoms. The summed E-state index contributed by atoms with van der Waals surface area (Å²) in [6.07, 6.45) is 6.49. The third-order valence-corrected chi connectivity index (χ3v) is 5.60. The minimum atomic E-state index is -0.389. The first-order valence-electron chi connectivity index (χ1n) is 11.0. The lowest BCUT2D eigenvalue weighted by Gasteiger charge is -2.33.